The molecule has 0 aliphatic rings. The number of phenols is 1. The Balaban J connectivity index is 3.62. The average Bonchev–Trinajstić information content (AvgIpc) is 2.81. The molecule has 0 bridgehead atoms. The fraction of sp³-hybridized carbons (Fsp3) is 0.615. The first-order chi connectivity index (χ1) is 16.3. The van der Waals surface area contributed by atoms with Crippen molar-refractivity contribution in [1.82, 2.24) is 0 Å². The summed E-state index contributed by atoms with van der Waals surface area (Å²) < 4.78 is 16.1. The Kier molecular flexibility index (Phi) is 13.6. The van der Waals surface area contributed by atoms with Gasteiger partial charge in [0.1, 0.15) is 0 Å². The van der Waals surface area contributed by atoms with E-state index < -0.39 is 40.9 Å². The van der Waals surface area contributed by atoms with Crippen LogP contribution < -0.4 is 9.47 Å². The Morgan fingerprint density at radius 1 is 0.735 bits per heavy atom. The van der Waals surface area contributed by atoms with Gasteiger partial charge in [-0.25, -0.2) is 4.79 Å². The molecule has 0 saturated heterocycles. The highest BCUT2D eigenvalue weighted by Crippen LogP contribution is 2.43. The van der Waals surface area contributed by atoms with E-state index in [0.717, 1.165) is 31.7 Å². The normalized spacial score (nSPS) is 10.6. The number of ketones is 1. The Bertz CT molecular complexity index is 844. The number of carbonyl (C=O) groups excluding carboxylic acids is 4. The number of hydrogen-bond donors (Lipinski definition) is 1. The van der Waals surface area contributed by atoms with Crippen LogP contribution >= 0.6 is 0 Å². The fourth-order valence-electron chi connectivity index (χ4n) is 3.08. The third-order valence-corrected chi connectivity index (χ3v) is 5.10. The number of benzene rings is 1. The van der Waals surface area contributed by atoms with E-state index in [0.29, 0.717) is 25.7 Å². The lowest BCUT2D eigenvalue weighted by molar-refractivity contribution is -0.137. The van der Waals surface area contributed by atoms with Crippen LogP contribution in [-0.2, 0) is 14.3 Å². The summed E-state index contributed by atoms with van der Waals surface area (Å²) >= 11 is 0. The second-order valence-electron chi connectivity index (χ2n) is 8.15. The zero-order chi connectivity index (χ0) is 25.5. The van der Waals surface area contributed by atoms with Crippen molar-refractivity contribution in [2.75, 3.05) is 6.61 Å². The van der Waals surface area contributed by atoms with Crippen LogP contribution in [0.3, 0.4) is 0 Å². The molecule has 1 N–H and O–H groups in total. The van der Waals surface area contributed by atoms with E-state index in [1.807, 2.05) is 27.7 Å². The number of aromatic hydroxyl groups is 1. The third kappa shape index (κ3) is 9.15. The summed E-state index contributed by atoms with van der Waals surface area (Å²) in [6.45, 7) is 7.81. The first kappa shape index (κ1) is 29.1. The molecule has 0 aromatic heterocycles. The van der Waals surface area contributed by atoms with Gasteiger partial charge < -0.3 is 19.3 Å². The molecule has 190 valence electrons. The molecule has 0 aliphatic heterocycles. The average molecular weight is 479 g/mol. The quantitative estimate of drug-likeness (QED) is 0.135. The van der Waals surface area contributed by atoms with Crippen molar-refractivity contribution in [3.05, 3.63) is 17.2 Å². The van der Waals surface area contributed by atoms with Crippen LogP contribution in [0.15, 0.2) is 6.07 Å². The van der Waals surface area contributed by atoms with E-state index in [1.165, 1.54) is 0 Å². The first-order valence-corrected chi connectivity index (χ1v) is 12.3. The maximum absolute atomic E-state index is 13.2. The zero-order valence-electron chi connectivity index (χ0n) is 20.9. The Hall–Kier alpha value is -2.90. The minimum atomic E-state index is -0.821. The second-order valence-corrected chi connectivity index (χ2v) is 8.15. The summed E-state index contributed by atoms with van der Waals surface area (Å²) in [5.74, 6) is -4.02. The van der Waals surface area contributed by atoms with Gasteiger partial charge in [-0.05, 0) is 31.7 Å². The summed E-state index contributed by atoms with van der Waals surface area (Å²) in [5, 5.41) is 10.7. The van der Waals surface area contributed by atoms with Gasteiger partial charge in [0, 0.05) is 19.3 Å². The van der Waals surface area contributed by atoms with Crippen LogP contribution in [0.25, 0.3) is 0 Å². The highest BCUT2D eigenvalue weighted by Gasteiger charge is 2.31. The van der Waals surface area contributed by atoms with E-state index in [1.54, 1.807) is 0 Å². The van der Waals surface area contributed by atoms with Crippen LogP contribution in [0, 0.1) is 0 Å². The maximum atomic E-state index is 13.2. The van der Waals surface area contributed by atoms with Crippen molar-refractivity contribution in [3.63, 3.8) is 0 Å². The predicted octanol–water partition coefficient (Wildman–Crippen LogP) is 5.91. The second kappa shape index (κ2) is 15.9. The molecule has 0 fully saturated rings. The Labute approximate surface area is 202 Å². The molecule has 0 unspecified atom stereocenters. The van der Waals surface area contributed by atoms with Crippen molar-refractivity contribution < 1.29 is 38.5 Å². The van der Waals surface area contributed by atoms with Crippen LogP contribution in [0.2, 0.25) is 0 Å². The molecular weight excluding hydrogens is 440 g/mol. The lowest BCUT2D eigenvalue weighted by Gasteiger charge is -2.18. The van der Waals surface area contributed by atoms with Gasteiger partial charge in [-0.3, -0.25) is 14.4 Å². The van der Waals surface area contributed by atoms with Crippen molar-refractivity contribution >= 4 is 23.7 Å². The van der Waals surface area contributed by atoms with E-state index in [-0.39, 0.29) is 37.0 Å². The van der Waals surface area contributed by atoms with E-state index in [9.17, 15) is 24.3 Å². The molecular formula is C26H38O8. The molecule has 1 aromatic carbocycles. The molecule has 0 amide bonds. The molecule has 0 heterocycles. The van der Waals surface area contributed by atoms with E-state index in [2.05, 4.69) is 0 Å². The van der Waals surface area contributed by atoms with Crippen molar-refractivity contribution in [2.24, 2.45) is 0 Å². The van der Waals surface area contributed by atoms with Crippen LogP contribution in [-0.4, -0.2) is 35.4 Å². The Morgan fingerprint density at radius 2 is 1.24 bits per heavy atom. The molecule has 8 heteroatoms. The highest BCUT2D eigenvalue weighted by molar-refractivity contribution is 6.10. The number of Topliss-reactive ketones (excluding diaryl/α,β-unsaturated/α-hetero) is 1. The van der Waals surface area contributed by atoms with Gasteiger partial charge in [0.15, 0.2) is 17.3 Å². The molecule has 0 atom stereocenters. The molecule has 1 rings (SSSR count). The monoisotopic (exact) mass is 478 g/mol. The van der Waals surface area contributed by atoms with Gasteiger partial charge in [-0.2, -0.15) is 0 Å². The Morgan fingerprint density at radius 3 is 1.76 bits per heavy atom. The predicted molar refractivity (Wildman–Crippen MR) is 127 cm³/mol. The van der Waals surface area contributed by atoms with Crippen LogP contribution in [0.4, 0.5) is 0 Å². The third-order valence-electron chi connectivity index (χ3n) is 5.10. The number of carbonyl (C=O) groups is 4. The highest BCUT2D eigenvalue weighted by atomic mass is 16.6. The van der Waals surface area contributed by atoms with E-state index in [4.69, 9.17) is 14.2 Å². The largest absolute Gasteiger partial charge is 0.504 e. The summed E-state index contributed by atoms with van der Waals surface area (Å²) in [7, 11) is 0. The number of unbranched alkanes of at least 4 members (excludes halogenated alkanes) is 4. The minimum Gasteiger partial charge on any atom is -0.504 e. The lowest BCUT2D eigenvalue weighted by Crippen LogP contribution is -2.19. The van der Waals surface area contributed by atoms with Gasteiger partial charge in [-0.15, -0.1) is 0 Å². The maximum Gasteiger partial charge on any atom is 0.339 e. The summed E-state index contributed by atoms with van der Waals surface area (Å²) in [6, 6.07) is 1.04. The van der Waals surface area contributed by atoms with Crippen molar-refractivity contribution in [3.8, 4) is 17.2 Å². The minimum absolute atomic E-state index is 0.0637. The number of ether oxygens (including phenoxy) is 3. The van der Waals surface area contributed by atoms with Gasteiger partial charge in [0.2, 0.25) is 5.75 Å². The number of hydrogen-bond acceptors (Lipinski definition) is 8. The molecule has 34 heavy (non-hydrogen) atoms. The first-order valence-electron chi connectivity index (χ1n) is 12.3. The lowest BCUT2D eigenvalue weighted by atomic mass is 9.97. The summed E-state index contributed by atoms with van der Waals surface area (Å²) in [4.78, 5) is 50.8. The zero-order valence-corrected chi connectivity index (χ0v) is 20.9. The fourth-order valence-corrected chi connectivity index (χ4v) is 3.08. The van der Waals surface area contributed by atoms with Crippen LogP contribution in [0.5, 0.6) is 17.2 Å². The standard InChI is InChI=1S/C26H38O8/c1-5-9-13-19(27)23-18(26(31)32-16-12-8-4)17-20(28)24(33-21(29)14-10-6-2)25(23)34-22(30)15-11-7-3/h17,28H,5-16H2,1-4H3. The summed E-state index contributed by atoms with van der Waals surface area (Å²) in [6.07, 6.45) is 5.53. The molecule has 0 saturated carbocycles. The number of rotatable bonds is 16. The number of phenolic OH excluding ortho intramolecular Hbond substituents is 1. The van der Waals surface area contributed by atoms with Gasteiger partial charge in [0.05, 0.1) is 17.7 Å². The van der Waals surface area contributed by atoms with Gasteiger partial charge in [-0.1, -0.05) is 53.4 Å². The molecule has 8 nitrogen and oxygen atoms in total. The van der Waals surface area contributed by atoms with Crippen molar-refractivity contribution in [2.45, 2.75) is 98.3 Å². The molecule has 0 aliphatic carbocycles. The molecule has 0 radical (unpaired) electrons. The molecule has 0 spiro atoms. The van der Waals surface area contributed by atoms with Gasteiger partial charge >= 0.3 is 17.9 Å². The smallest absolute Gasteiger partial charge is 0.339 e. The van der Waals surface area contributed by atoms with E-state index >= 15 is 0 Å². The topological polar surface area (TPSA) is 116 Å². The SMILES string of the molecule is CCCCOC(=O)c1cc(O)c(OC(=O)CCCC)c(OC(=O)CCCC)c1C(=O)CCCC. The summed E-state index contributed by atoms with van der Waals surface area (Å²) in [5.41, 5.74) is -0.433. The van der Waals surface area contributed by atoms with Crippen molar-refractivity contribution in [1.29, 1.82) is 0 Å². The van der Waals surface area contributed by atoms with Crippen LogP contribution in [0.1, 0.15) is 119 Å². The molecule has 1 aromatic rings. The van der Waals surface area contributed by atoms with Gasteiger partial charge in [0.25, 0.3) is 0 Å². The number of esters is 3.